The van der Waals surface area contributed by atoms with Crippen LogP contribution in [0, 0.1) is 0 Å². The zero-order valence-electron chi connectivity index (χ0n) is 14.5. The highest BCUT2D eigenvalue weighted by Gasteiger charge is 2.17. The van der Waals surface area contributed by atoms with Crippen molar-refractivity contribution in [2.24, 2.45) is 0 Å². The fourth-order valence-electron chi connectivity index (χ4n) is 2.49. The maximum atomic E-state index is 12.1. The first-order chi connectivity index (χ1) is 13.4. The van der Waals surface area contributed by atoms with Crippen molar-refractivity contribution < 1.29 is 29.3 Å². The van der Waals surface area contributed by atoms with Crippen molar-refractivity contribution in [2.75, 3.05) is 5.32 Å². The molecule has 0 aliphatic carbocycles. The van der Waals surface area contributed by atoms with E-state index in [1.165, 1.54) is 12.1 Å². The van der Waals surface area contributed by atoms with E-state index in [-0.39, 0.29) is 22.8 Å². The van der Waals surface area contributed by atoms with Gasteiger partial charge in [-0.05, 0) is 54.6 Å². The summed E-state index contributed by atoms with van der Waals surface area (Å²) < 4.78 is 5.58. The van der Waals surface area contributed by atoms with Gasteiger partial charge in [-0.3, -0.25) is 4.79 Å². The Balaban J connectivity index is 1.72. The number of aromatic carboxylic acids is 2. The Hall–Kier alpha value is -4.13. The number of carbonyl (C=O) groups is 3. The van der Waals surface area contributed by atoms with Crippen molar-refractivity contribution in [1.82, 2.24) is 0 Å². The van der Waals surface area contributed by atoms with Crippen molar-refractivity contribution in [3.63, 3.8) is 0 Å². The van der Waals surface area contributed by atoms with Crippen LogP contribution in [0.2, 0.25) is 0 Å². The highest BCUT2D eigenvalue weighted by atomic mass is 16.5. The molecule has 0 unspecified atom stereocenters. The summed E-state index contributed by atoms with van der Waals surface area (Å²) >= 11 is 0. The van der Waals surface area contributed by atoms with E-state index in [9.17, 15) is 14.4 Å². The lowest BCUT2D eigenvalue weighted by Crippen LogP contribution is -2.11. The molecule has 0 aromatic heterocycles. The van der Waals surface area contributed by atoms with Gasteiger partial charge < -0.3 is 20.3 Å². The minimum absolute atomic E-state index is 0.184. The molecule has 0 saturated heterocycles. The lowest BCUT2D eigenvalue weighted by Gasteiger charge is -2.10. The second kappa shape index (κ2) is 8.05. The van der Waals surface area contributed by atoms with Crippen LogP contribution in [0.15, 0.2) is 72.8 Å². The third-order valence-corrected chi connectivity index (χ3v) is 3.84. The third kappa shape index (κ3) is 4.34. The van der Waals surface area contributed by atoms with Gasteiger partial charge in [-0.2, -0.15) is 0 Å². The molecular weight excluding hydrogens is 362 g/mol. The quantitative estimate of drug-likeness (QED) is 0.595. The Morgan fingerprint density at radius 1 is 0.714 bits per heavy atom. The van der Waals surface area contributed by atoms with E-state index in [4.69, 9.17) is 14.9 Å². The van der Waals surface area contributed by atoms with Gasteiger partial charge in [-0.1, -0.05) is 18.2 Å². The van der Waals surface area contributed by atoms with Gasteiger partial charge in [-0.15, -0.1) is 0 Å². The Morgan fingerprint density at radius 3 is 1.93 bits per heavy atom. The van der Waals surface area contributed by atoms with E-state index in [2.05, 4.69) is 5.32 Å². The largest absolute Gasteiger partial charge is 0.478 e. The van der Waals surface area contributed by atoms with Gasteiger partial charge in [-0.25, -0.2) is 9.59 Å². The highest BCUT2D eigenvalue weighted by molar-refractivity contribution is 6.04. The number of nitrogens with one attached hydrogen (secondary N) is 1. The summed E-state index contributed by atoms with van der Waals surface area (Å²) in [6, 6.07) is 19.0. The summed E-state index contributed by atoms with van der Waals surface area (Å²) in [6.07, 6.45) is 0. The van der Waals surface area contributed by atoms with E-state index in [1.807, 2.05) is 6.07 Å². The Bertz CT molecular complexity index is 1030. The molecule has 0 heterocycles. The number of benzene rings is 3. The van der Waals surface area contributed by atoms with Crippen LogP contribution >= 0.6 is 0 Å². The Labute approximate surface area is 159 Å². The number of rotatable bonds is 6. The predicted octanol–water partition coefficient (Wildman–Crippen LogP) is 4.13. The number of ether oxygens (including phenoxy) is 1. The number of anilines is 1. The van der Waals surface area contributed by atoms with Crippen LogP contribution in [0.5, 0.6) is 11.5 Å². The molecule has 0 radical (unpaired) electrons. The molecule has 0 fully saturated rings. The zero-order chi connectivity index (χ0) is 20.1. The van der Waals surface area contributed by atoms with E-state index >= 15 is 0 Å². The SMILES string of the molecule is O=C(Nc1ccc(Oc2ccc(C(=O)O)c(C(=O)O)c2)cc1)c1ccccc1. The highest BCUT2D eigenvalue weighted by Crippen LogP contribution is 2.26. The van der Waals surface area contributed by atoms with Crippen molar-refractivity contribution >= 4 is 23.5 Å². The lowest BCUT2D eigenvalue weighted by atomic mass is 10.1. The summed E-state index contributed by atoms with van der Waals surface area (Å²) in [5.74, 6) is -2.35. The molecule has 28 heavy (non-hydrogen) atoms. The summed E-state index contributed by atoms with van der Waals surface area (Å²) in [5, 5.41) is 21.0. The maximum Gasteiger partial charge on any atom is 0.336 e. The number of carbonyl (C=O) groups excluding carboxylic acids is 1. The molecule has 0 spiro atoms. The van der Waals surface area contributed by atoms with Crippen LogP contribution in [0.4, 0.5) is 5.69 Å². The second-order valence-corrected chi connectivity index (χ2v) is 5.76. The van der Waals surface area contributed by atoms with E-state index in [0.717, 1.165) is 6.07 Å². The Morgan fingerprint density at radius 2 is 1.32 bits per heavy atom. The van der Waals surface area contributed by atoms with E-state index in [0.29, 0.717) is 17.0 Å². The fraction of sp³-hybridized carbons (Fsp3) is 0. The molecule has 0 bridgehead atoms. The van der Waals surface area contributed by atoms with Crippen molar-refractivity contribution in [3.05, 3.63) is 89.5 Å². The first kappa shape index (κ1) is 18.7. The minimum atomic E-state index is -1.36. The van der Waals surface area contributed by atoms with Crippen molar-refractivity contribution in [1.29, 1.82) is 0 Å². The second-order valence-electron chi connectivity index (χ2n) is 5.76. The summed E-state index contributed by atoms with van der Waals surface area (Å²) in [5.41, 5.74) is 0.409. The molecular formula is C21H15NO6. The smallest absolute Gasteiger partial charge is 0.336 e. The Kier molecular flexibility index (Phi) is 5.36. The van der Waals surface area contributed by atoms with Crippen LogP contribution in [0.3, 0.4) is 0 Å². The number of carboxylic acids is 2. The first-order valence-electron chi connectivity index (χ1n) is 8.19. The van der Waals surface area contributed by atoms with Crippen molar-refractivity contribution in [2.45, 2.75) is 0 Å². The van der Waals surface area contributed by atoms with Gasteiger partial charge in [0, 0.05) is 11.3 Å². The predicted molar refractivity (Wildman–Crippen MR) is 101 cm³/mol. The third-order valence-electron chi connectivity index (χ3n) is 3.84. The van der Waals surface area contributed by atoms with Gasteiger partial charge in [0.15, 0.2) is 0 Å². The molecule has 3 aromatic rings. The molecule has 0 atom stereocenters. The van der Waals surface area contributed by atoms with Gasteiger partial charge in [0.05, 0.1) is 11.1 Å². The summed E-state index contributed by atoms with van der Waals surface area (Å²) in [7, 11) is 0. The summed E-state index contributed by atoms with van der Waals surface area (Å²) in [6.45, 7) is 0. The first-order valence-corrected chi connectivity index (χ1v) is 8.19. The van der Waals surface area contributed by atoms with E-state index in [1.54, 1.807) is 48.5 Å². The average molecular weight is 377 g/mol. The molecule has 7 heteroatoms. The number of hydrogen-bond donors (Lipinski definition) is 3. The van der Waals surface area contributed by atoms with Gasteiger partial charge >= 0.3 is 11.9 Å². The lowest BCUT2D eigenvalue weighted by molar-refractivity contribution is 0.0651. The monoisotopic (exact) mass is 377 g/mol. The molecule has 7 nitrogen and oxygen atoms in total. The molecule has 0 saturated carbocycles. The van der Waals surface area contributed by atoms with Crippen LogP contribution in [-0.2, 0) is 0 Å². The van der Waals surface area contributed by atoms with Crippen LogP contribution in [-0.4, -0.2) is 28.1 Å². The minimum Gasteiger partial charge on any atom is -0.478 e. The summed E-state index contributed by atoms with van der Waals surface area (Å²) in [4.78, 5) is 34.5. The van der Waals surface area contributed by atoms with Crippen molar-refractivity contribution in [3.8, 4) is 11.5 Å². The van der Waals surface area contributed by atoms with E-state index < -0.39 is 11.9 Å². The fourth-order valence-corrected chi connectivity index (χ4v) is 2.49. The topological polar surface area (TPSA) is 113 Å². The number of hydrogen-bond acceptors (Lipinski definition) is 4. The van der Waals surface area contributed by atoms with Crippen LogP contribution < -0.4 is 10.1 Å². The number of carboxylic acid groups (broad SMARTS) is 2. The maximum absolute atomic E-state index is 12.1. The normalized spacial score (nSPS) is 10.1. The number of amides is 1. The van der Waals surface area contributed by atoms with Crippen LogP contribution in [0.1, 0.15) is 31.1 Å². The molecule has 140 valence electrons. The molecule has 3 N–H and O–H groups in total. The molecule has 0 aliphatic heterocycles. The molecule has 3 aromatic carbocycles. The average Bonchev–Trinajstić information content (AvgIpc) is 2.70. The van der Waals surface area contributed by atoms with Gasteiger partial charge in [0.2, 0.25) is 0 Å². The van der Waals surface area contributed by atoms with Gasteiger partial charge in [0.1, 0.15) is 11.5 Å². The van der Waals surface area contributed by atoms with Gasteiger partial charge in [0.25, 0.3) is 5.91 Å². The molecule has 3 rings (SSSR count). The van der Waals surface area contributed by atoms with Crippen LogP contribution in [0.25, 0.3) is 0 Å². The zero-order valence-corrected chi connectivity index (χ0v) is 14.5. The molecule has 1 amide bonds. The molecule has 0 aliphatic rings. The standard InChI is InChI=1S/C21H15NO6/c23-19(13-4-2-1-3-5-13)22-14-6-8-15(9-7-14)28-16-10-11-17(20(24)25)18(12-16)21(26)27/h1-12H,(H,22,23)(H,24,25)(H,26,27).